The van der Waals surface area contributed by atoms with Gasteiger partial charge in [-0.1, -0.05) is 12.1 Å². The molecule has 4 rings (SSSR count). The van der Waals surface area contributed by atoms with Crippen LogP contribution in [0.25, 0.3) is 11.3 Å². The minimum atomic E-state index is -0.350. The maximum Gasteiger partial charge on any atom is 0.307 e. The number of benzene rings is 1. The van der Waals surface area contributed by atoms with Gasteiger partial charge in [-0.3, -0.25) is 4.79 Å². The number of amides is 1. The number of nitrogens with one attached hydrogen (secondary N) is 1. The van der Waals surface area contributed by atoms with E-state index < -0.39 is 0 Å². The van der Waals surface area contributed by atoms with Crippen molar-refractivity contribution >= 4 is 5.91 Å². The Bertz CT molecular complexity index is 718. The lowest BCUT2D eigenvalue weighted by molar-refractivity contribution is 0.0875. The van der Waals surface area contributed by atoms with E-state index >= 15 is 0 Å². The van der Waals surface area contributed by atoms with Crippen LogP contribution < -0.4 is 5.32 Å². The molecule has 6 heteroatoms. The van der Waals surface area contributed by atoms with E-state index in [1.807, 2.05) is 0 Å². The maximum absolute atomic E-state index is 13.3. The van der Waals surface area contributed by atoms with Crippen LogP contribution in [-0.4, -0.2) is 41.5 Å². The Morgan fingerprint density at radius 3 is 3.13 bits per heavy atom. The zero-order valence-electron chi connectivity index (χ0n) is 12.7. The average molecular weight is 315 g/mol. The second kappa shape index (κ2) is 5.77. The van der Waals surface area contributed by atoms with Crippen molar-refractivity contribution < 1.29 is 13.6 Å². The number of carbonyl (C=O) groups excluding carboxylic acids is 1. The van der Waals surface area contributed by atoms with Crippen LogP contribution in [0.5, 0.6) is 0 Å². The highest BCUT2D eigenvalue weighted by atomic mass is 19.1. The predicted octanol–water partition coefficient (Wildman–Crippen LogP) is 2.30. The number of nitrogens with zero attached hydrogens (tertiary/aromatic N) is 2. The molecule has 2 fully saturated rings. The Hall–Kier alpha value is -2.21. The molecule has 3 heterocycles. The van der Waals surface area contributed by atoms with Crippen molar-refractivity contribution in [2.24, 2.45) is 5.92 Å². The number of fused-ring (bicyclic) bond motifs is 2. The summed E-state index contributed by atoms with van der Waals surface area (Å²) in [6, 6.07) is 6.18. The van der Waals surface area contributed by atoms with E-state index in [0.29, 0.717) is 17.2 Å². The van der Waals surface area contributed by atoms with E-state index in [-0.39, 0.29) is 23.7 Å². The number of hydrogen-bond donors (Lipinski definition) is 1. The topological polar surface area (TPSA) is 58.4 Å². The molecule has 120 valence electrons. The third-order valence-corrected chi connectivity index (χ3v) is 4.61. The van der Waals surface area contributed by atoms with Crippen molar-refractivity contribution in [2.45, 2.75) is 18.9 Å². The van der Waals surface area contributed by atoms with Crippen LogP contribution in [0.1, 0.15) is 23.5 Å². The highest BCUT2D eigenvalue weighted by Gasteiger charge is 2.33. The fraction of sp³-hybridized carbons (Fsp3) is 0.412. The molecule has 1 aromatic heterocycles. The van der Waals surface area contributed by atoms with Gasteiger partial charge in [-0.15, -0.1) is 0 Å². The molecule has 1 aromatic carbocycles. The second-order valence-corrected chi connectivity index (χ2v) is 6.36. The minimum absolute atomic E-state index is 0.0252. The Labute approximate surface area is 133 Å². The summed E-state index contributed by atoms with van der Waals surface area (Å²) in [5.74, 6) is 0.442. The standard InChI is InChI=1S/C17H18FN3O2/c18-13-3-1-2-12(7-13)15-8-19-17(23-15)16(22)20-14-6-11-4-5-21(9-11)10-14/h1-3,7-8,11,14H,4-6,9-10H2,(H,20,22). The van der Waals surface area contributed by atoms with Gasteiger partial charge in [0.05, 0.1) is 6.20 Å². The molecule has 0 spiro atoms. The van der Waals surface area contributed by atoms with Crippen molar-refractivity contribution in [3.05, 3.63) is 42.2 Å². The van der Waals surface area contributed by atoms with Gasteiger partial charge < -0.3 is 14.6 Å². The molecule has 1 amide bonds. The molecular weight excluding hydrogens is 297 g/mol. The molecule has 3 unspecified atom stereocenters. The highest BCUT2D eigenvalue weighted by Crippen LogP contribution is 2.27. The molecule has 2 aliphatic rings. The van der Waals surface area contributed by atoms with Crippen molar-refractivity contribution in [1.29, 1.82) is 0 Å². The monoisotopic (exact) mass is 315 g/mol. The first-order chi connectivity index (χ1) is 11.2. The highest BCUT2D eigenvalue weighted by molar-refractivity contribution is 5.90. The summed E-state index contributed by atoms with van der Waals surface area (Å²) >= 11 is 0. The number of aromatic nitrogens is 1. The molecule has 0 aliphatic carbocycles. The fourth-order valence-corrected chi connectivity index (χ4v) is 3.57. The lowest BCUT2D eigenvalue weighted by atomic mass is 9.97. The predicted molar refractivity (Wildman–Crippen MR) is 82.3 cm³/mol. The molecule has 23 heavy (non-hydrogen) atoms. The third-order valence-electron chi connectivity index (χ3n) is 4.61. The van der Waals surface area contributed by atoms with E-state index in [9.17, 15) is 9.18 Å². The summed E-state index contributed by atoms with van der Waals surface area (Å²) in [5, 5.41) is 3.00. The number of oxazole rings is 1. The number of rotatable bonds is 3. The summed E-state index contributed by atoms with van der Waals surface area (Å²) in [5.41, 5.74) is 0.568. The van der Waals surface area contributed by atoms with Crippen molar-refractivity contribution in [3.8, 4) is 11.3 Å². The summed E-state index contributed by atoms with van der Waals surface area (Å²) in [7, 11) is 0. The second-order valence-electron chi connectivity index (χ2n) is 6.36. The van der Waals surface area contributed by atoms with Gasteiger partial charge >= 0.3 is 5.91 Å². The molecule has 0 radical (unpaired) electrons. The van der Waals surface area contributed by atoms with Crippen molar-refractivity contribution in [3.63, 3.8) is 0 Å². The average Bonchev–Trinajstić information content (AvgIpc) is 3.14. The first-order valence-corrected chi connectivity index (χ1v) is 7.92. The SMILES string of the molecule is O=C(NC1CC2CCN(C2)C1)c1ncc(-c2cccc(F)c2)o1. The largest absolute Gasteiger partial charge is 0.432 e. The molecular formula is C17H18FN3O2. The van der Waals surface area contributed by atoms with Gasteiger partial charge in [-0.25, -0.2) is 9.37 Å². The summed E-state index contributed by atoms with van der Waals surface area (Å²) in [4.78, 5) is 18.7. The van der Waals surface area contributed by atoms with E-state index in [2.05, 4.69) is 15.2 Å². The van der Waals surface area contributed by atoms with E-state index in [1.54, 1.807) is 12.1 Å². The molecule has 3 atom stereocenters. The fourth-order valence-electron chi connectivity index (χ4n) is 3.57. The first kappa shape index (κ1) is 14.4. The Morgan fingerprint density at radius 2 is 2.30 bits per heavy atom. The lowest BCUT2D eigenvalue weighted by Gasteiger charge is -2.30. The van der Waals surface area contributed by atoms with Crippen LogP contribution in [0.3, 0.4) is 0 Å². The van der Waals surface area contributed by atoms with Gasteiger partial charge in [0.15, 0.2) is 5.76 Å². The van der Waals surface area contributed by atoms with Gasteiger partial charge in [-0.2, -0.15) is 0 Å². The van der Waals surface area contributed by atoms with Gasteiger partial charge in [0.25, 0.3) is 5.89 Å². The number of hydrogen-bond acceptors (Lipinski definition) is 4. The van der Waals surface area contributed by atoms with Crippen LogP contribution in [0.15, 0.2) is 34.9 Å². The summed E-state index contributed by atoms with van der Waals surface area (Å²) in [6.45, 7) is 3.16. The van der Waals surface area contributed by atoms with Crippen LogP contribution in [0, 0.1) is 11.7 Å². The van der Waals surface area contributed by atoms with E-state index in [0.717, 1.165) is 26.1 Å². The van der Waals surface area contributed by atoms with Gasteiger partial charge in [0.1, 0.15) is 5.82 Å². The molecule has 2 saturated heterocycles. The molecule has 5 nitrogen and oxygen atoms in total. The quantitative estimate of drug-likeness (QED) is 0.944. The van der Waals surface area contributed by atoms with Crippen LogP contribution >= 0.6 is 0 Å². The Kier molecular flexibility index (Phi) is 3.61. The van der Waals surface area contributed by atoms with Crippen LogP contribution in [0.4, 0.5) is 4.39 Å². The Morgan fingerprint density at radius 1 is 1.39 bits per heavy atom. The zero-order chi connectivity index (χ0) is 15.8. The van der Waals surface area contributed by atoms with Crippen molar-refractivity contribution in [1.82, 2.24) is 15.2 Å². The molecule has 2 bridgehead atoms. The number of halogens is 1. The van der Waals surface area contributed by atoms with Crippen LogP contribution in [-0.2, 0) is 0 Å². The van der Waals surface area contributed by atoms with E-state index in [4.69, 9.17) is 4.42 Å². The molecule has 2 aliphatic heterocycles. The summed E-state index contributed by atoms with van der Waals surface area (Å²) in [6.07, 6.45) is 3.69. The van der Waals surface area contributed by atoms with E-state index in [1.165, 1.54) is 24.8 Å². The van der Waals surface area contributed by atoms with Crippen LogP contribution in [0.2, 0.25) is 0 Å². The first-order valence-electron chi connectivity index (χ1n) is 7.92. The van der Waals surface area contributed by atoms with Gasteiger partial charge in [0, 0.05) is 24.7 Å². The lowest BCUT2D eigenvalue weighted by Crippen LogP contribution is -2.47. The number of carbonyl (C=O) groups is 1. The van der Waals surface area contributed by atoms with Crippen molar-refractivity contribution in [2.75, 3.05) is 19.6 Å². The zero-order valence-corrected chi connectivity index (χ0v) is 12.7. The molecule has 1 N–H and O–H groups in total. The normalized spacial score (nSPS) is 26.2. The maximum atomic E-state index is 13.3. The third kappa shape index (κ3) is 2.99. The molecule has 2 aromatic rings. The minimum Gasteiger partial charge on any atom is -0.432 e. The Balaban J connectivity index is 1.45. The summed E-state index contributed by atoms with van der Waals surface area (Å²) < 4.78 is 18.8. The van der Waals surface area contributed by atoms with Gasteiger partial charge in [-0.05, 0) is 37.4 Å². The smallest absolute Gasteiger partial charge is 0.307 e. The van der Waals surface area contributed by atoms with Gasteiger partial charge in [0.2, 0.25) is 0 Å². The molecule has 0 saturated carbocycles. The number of piperidine rings is 1.